The second-order valence-electron chi connectivity index (χ2n) is 5.61. The highest BCUT2D eigenvalue weighted by atomic mass is 16.6. The first-order chi connectivity index (χ1) is 13.6. The molecule has 9 nitrogen and oxygen atoms in total. The van der Waals surface area contributed by atoms with E-state index in [9.17, 15) is 14.9 Å². The van der Waals surface area contributed by atoms with Crippen LogP contribution in [0.3, 0.4) is 0 Å². The van der Waals surface area contributed by atoms with E-state index in [-0.39, 0.29) is 12.3 Å². The number of hydrogen-bond donors (Lipinski definition) is 1. The lowest BCUT2D eigenvalue weighted by atomic mass is 10.1. The molecule has 0 saturated carbocycles. The fourth-order valence-corrected chi connectivity index (χ4v) is 2.48. The molecule has 0 aliphatic rings. The molecule has 0 aliphatic carbocycles. The number of benzene rings is 2. The van der Waals surface area contributed by atoms with E-state index in [1.807, 2.05) is 30.3 Å². The van der Waals surface area contributed by atoms with Gasteiger partial charge in [-0.25, -0.2) is 14.9 Å². The molecular formula is C19H17N5O4. The Morgan fingerprint density at radius 1 is 1.25 bits per heavy atom. The lowest BCUT2D eigenvalue weighted by Gasteiger charge is -2.00. The molecular weight excluding hydrogens is 362 g/mol. The molecule has 1 aromatic heterocycles. The summed E-state index contributed by atoms with van der Waals surface area (Å²) in [5.41, 5.74) is 4.96. The quantitative estimate of drug-likeness (QED) is 0.400. The minimum atomic E-state index is -0.661. The number of nitro groups is 1. The Morgan fingerprint density at radius 2 is 1.96 bits per heavy atom. The van der Waals surface area contributed by atoms with Gasteiger partial charge < -0.3 is 4.74 Å². The summed E-state index contributed by atoms with van der Waals surface area (Å²) in [6.07, 6.45) is 2.54. The summed E-state index contributed by atoms with van der Waals surface area (Å²) in [5, 5.41) is 19.3. The van der Waals surface area contributed by atoms with Crippen LogP contribution in [-0.2, 0) is 4.74 Å². The van der Waals surface area contributed by atoms with Gasteiger partial charge in [0.2, 0.25) is 0 Å². The van der Waals surface area contributed by atoms with Crippen LogP contribution in [0.2, 0.25) is 0 Å². The minimum absolute atomic E-state index is 0.00885. The summed E-state index contributed by atoms with van der Waals surface area (Å²) < 4.78 is 6.43. The van der Waals surface area contributed by atoms with Gasteiger partial charge >= 0.3 is 6.09 Å². The maximum Gasteiger partial charge on any atom is 0.427 e. The second kappa shape index (κ2) is 8.58. The summed E-state index contributed by atoms with van der Waals surface area (Å²) >= 11 is 0. The number of nitro benzene ring substituents is 1. The van der Waals surface area contributed by atoms with Crippen LogP contribution in [0.25, 0.3) is 16.9 Å². The van der Waals surface area contributed by atoms with Crippen molar-refractivity contribution in [1.82, 2.24) is 15.2 Å². The number of ether oxygens (including phenoxy) is 1. The third-order valence-electron chi connectivity index (χ3n) is 3.75. The lowest BCUT2D eigenvalue weighted by molar-refractivity contribution is -0.384. The zero-order valence-electron chi connectivity index (χ0n) is 15.0. The van der Waals surface area contributed by atoms with Crippen LogP contribution in [0.5, 0.6) is 0 Å². The van der Waals surface area contributed by atoms with Crippen molar-refractivity contribution in [3.05, 3.63) is 76.5 Å². The smallest absolute Gasteiger partial charge is 0.427 e. The average molecular weight is 379 g/mol. The van der Waals surface area contributed by atoms with Gasteiger partial charge in [0.1, 0.15) is 5.69 Å². The highest BCUT2D eigenvalue weighted by molar-refractivity contribution is 5.89. The van der Waals surface area contributed by atoms with E-state index in [4.69, 9.17) is 4.74 Å². The lowest BCUT2D eigenvalue weighted by Crippen LogP contribution is -2.18. The van der Waals surface area contributed by atoms with E-state index in [0.29, 0.717) is 16.8 Å². The molecule has 0 spiro atoms. The number of amides is 1. The van der Waals surface area contributed by atoms with Gasteiger partial charge in [-0.2, -0.15) is 10.2 Å². The highest BCUT2D eigenvalue weighted by Gasteiger charge is 2.13. The molecule has 9 heteroatoms. The fraction of sp³-hybridized carbons (Fsp3) is 0.105. The van der Waals surface area contributed by atoms with E-state index in [0.717, 1.165) is 5.69 Å². The molecule has 1 heterocycles. The molecule has 0 unspecified atom stereocenters. The first-order valence-corrected chi connectivity index (χ1v) is 8.44. The maximum atomic E-state index is 11.4. The van der Waals surface area contributed by atoms with Gasteiger partial charge in [0, 0.05) is 29.5 Å². The molecule has 3 rings (SSSR count). The van der Waals surface area contributed by atoms with Crippen molar-refractivity contribution in [2.24, 2.45) is 5.10 Å². The number of non-ortho nitro benzene ring substituents is 1. The number of rotatable bonds is 6. The standard InChI is InChI=1S/C19H17N5O4/c1-2-28-19(25)21-20-12-15-13-23(16-6-4-3-5-7-16)22-18(15)14-8-10-17(11-9-14)24(26)27/h3-13H,2H2,1H3,(H,21,25)/b20-12+. The first-order valence-electron chi connectivity index (χ1n) is 8.44. The number of nitrogens with zero attached hydrogens (tertiary/aromatic N) is 4. The van der Waals surface area contributed by atoms with Crippen LogP contribution in [-0.4, -0.2) is 33.6 Å². The molecule has 1 N–H and O–H groups in total. The largest absolute Gasteiger partial charge is 0.449 e. The van der Waals surface area contributed by atoms with Gasteiger partial charge in [-0.3, -0.25) is 10.1 Å². The molecule has 0 radical (unpaired) electrons. The fourth-order valence-electron chi connectivity index (χ4n) is 2.48. The molecule has 0 bridgehead atoms. The molecule has 28 heavy (non-hydrogen) atoms. The van der Waals surface area contributed by atoms with E-state index >= 15 is 0 Å². The van der Waals surface area contributed by atoms with Gasteiger partial charge in [0.25, 0.3) is 5.69 Å². The van der Waals surface area contributed by atoms with Crippen LogP contribution in [0, 0.1) is 10.1 Å². The molecule has 142 valence electrons. The molecule has 2 aromatic carbocycles. The van der Waals surface area contributed by atoms with E-state index in [1.165, 1.54) is 18.3 Å². The van der Waals surface area contributed by atoms with Crippen molar-refractivity contribution in [1.29, 1.82) is 0 Å². The Labute approximate surface area is 160 Å². The van der Waals surface area contributed by atoms with Crippen molar-refractivity contribution >= 4 is 18.0 Å². The average Bonchev–Trinajstić information content (AvgIpc) is 3.13. The summed E-state index contributed by atoms with van der Waals surface area (Å²) in [4.78, 5) is 21.8. The SMILES string of the molecule is CCOC(=O)N/N=C/c1cn(-c2ccccc2)nc1-c1ccc([N+](=O)[O-])cc1. The monoisotopic (exact) mass is 379 g/mol. The van der Waals surface area contributed by atoms with Crippen molar-refractivity contribution in [2.45, 2.75) is 6.92 Å². The molecule has 0 saturated heterocycles. The van der Waals surface area contributed by atoms with Crippen LogP contribution < -0.4 is 5.43 Å². The van der Waals surface area contributed by atoms with Crippen molar-refractivity contribution in [3.8, 4) is 16.9 Å². The number of carbonyl (C=O) groups is 1. The topological polar surface area (TPSA) is 112 Å². The Morgan fingerprint density at radius 3 is 2.61 bits per heavy atom. The number of hydrogen-bond acceptors (Lipinski definition) is 6. The molecule has 1 amide bonds. The zero-order chi connectivity index (χ0) is 19.9. The third-order valence-corrected chi connectivity index (χ3v) is 3.75. The van der Waals surface area contributed by atoms with Gasteiger partial charge in [-0.05, 0) is 31.2 Å². The van der Waals surface area contributed by atoms with E-state index in [2.05, 4.69) is 15.6 Å². The molecule has 0 aliphatic heterocycles. The Bertz CT molecular complexity index is 997. The van der Waals surface area contributed by atoms with Crippen molar-refractivity contribution < 1.29 is 14.5 Å². The van der Waals surface area contributed by atoms with Gasteiger partial charge in [0.05, 0.1) is 23.4 Å². The number of aromatic nitrogens is 2. The first kappa shape index (κ1) is 18.8. The molecule has 0 fully saturated rings. The summed E-state index contributed by atoms with van der Waals surface area (Å²) in [6.45, 7) is 1.93. The van der Waals surface area contributed by atoms with Crippen LogP contribution in [0.4, 0.5) is 10.5 Å². The molecule has 3 aromatic rings. The Hall–Kier alpha value is -4.01. The highest BCUT2D eigenvalue weighted by Crippen LogP contribution is 2.25. The number of para-hydroxylation sites is 1. The van der Waals surface area contributed by atoms with Gasteiger partial charge in [0.15, 0.2) is 0 Å². The van der Waals surface area contributed by atoms with Gasteiger partial charge in [-0.15, -0.1) is 0 Å². The summed E-state index contributed by atoms with van der Waals surface area (Å²) in [6, 6.07) is 15.5. The van der Waals surface area contributed by atoms with E-state index in [1.54, 1.807) is 29.9 Å². The van der Waals surface area contributed by atoms with Crippen molar-refractivity contribution in [2.75, 3.05) is 6.61 Å². The zero-order valence-corrected chi connectivity index (χ0v) is 15.0. The van der Waals surface area contributed by atoms with Crippen LogP contribution in [0.15, 0.2) is 65.9 Å². The second-order valence-corrected chi connectivity index (χ2v) is 5.61. The maximum absolute atomic E-state index is 11.4. The number of carbonyl (C=O) groups excluding carboxylic acids is 1. The Balaban J connectivity index is 1.96. The van der Waals surface area contributed by atoms with Crippen molar-refractivity contribution in [3.63, 3.8) is 0 Å². The predicted octanol–water partition coefficient (Wildman–Crippen LogP) is 3.53. The van der Waals surface area contributed by atoms with Crippen LogP contribution >= 0.6 is 0 Å². The van der Waals surface area contributed by atoms with Crippen LogP contribution in [0.1, 0.15) is 12.5 Å². The normalized spacial score (nSPS) is 10.8. The third kappa shape index (κ3) is 4.39. The van der Waals surface area contributed by atoms with Gasteiger partial charge in [-0.1, -0.05) is 18.2 Å². The summed E-state index contributed by atoms with van der Waals surface area (Å²) in [7, 11) is 0. The molecule has 0 atom stereocenters. The summed E-state index contributed by atoms with van der Waals surface area (Å²) in [5.74, 6) is 0. The predicted molar refractivity (Wildman–Crippen MR) is 103 cm³/mol. The van der Waals surface area contributed by atoms with E-state index < -0.39 is 11.0 Å². The number of hydrazone groups is 1. The number of nitrogens with one attached hydrogen (secondary N) is 1. The Kier molecular flexibility index (Phi) is 5.75. The minimum Gasteiger partial charge on any atom is -0.449 e.